The lowest BCUT2D eigenvalue weighted by Crippen LogP contribution is -2.34. The molecule has 23 heavy (non-hydrogen) atoms. The van der Waals surface area contributed by atoms with Crippen molar-refractivity contribution in [1.29, 1.82) is 0 Å². The number of hydrogen-bond acceptors (Lipinski definition) is 6. The molecule has 0 aromatic carbocycles. The molecule has 0 radical (unpaired) electrons. The summed E-state index contributed by atoms with van der Waals surface area (Å²) in [5.41, 5.74) is 2.27. The van der Waals surface area contributed by atoms with Gasteiger partial charge in [0, 0.05) is 24.8 Å². The number of ether oxygens (including phenoxy) is 1. The van der Waals surface area contributed by atoms with Gasteiger partial charge < -0.3 is 9.26 Å². The largest absolute Gasteiger partial charge is 0.371 e. The molecule has 2 atom stereocenters. The fraction of sp³-hybridized carbons (Fsp3) is 0.688. The van der Waals surface area contributed by atoms with Gasteiger partial charge in [-0.05, 0) is 46.2 Å². The standard InChI is InChI=1S/C16H25N5O2/c1-4-22-12(3)16-17-15(23-20-16)10-21-7-5-6-13(9-21)14-8-11(2)18-19-14/h8,12-13H,4-7,9-10H2,1-3H3,(H,18,19)/t12-,13+/m1/s1. The van der Waals surface area contributed by atoms with Gasteiger partial charge in [-0.15, -0.1) is 0 Å². The van der Waals surface area contributed by atoms with Gasteiger partial charge in [0.05, 0.1) is 12.2 Å². The lowest BCUT2D eigenvalue weighted by Gasteiger charge is -2.30. The second-order valence-corrected chi connectivity index (χ2v) is 6.19. The summed E-state index contributed by atoms with van der Waals surface area (Å²) >= 11 is 0. The summed E-state index contributed by atoms with van der Waals surface area (Å²) in [7, 11) is 0. The van der Waals surface area contributed by atoms with Crippen molar-refractivity contribution in [3.63, 3.8) is 0 Å². The van der Waals surface area contributed by atoms with E-state index in [1.807, 2.05) is 20.8 Å². The molecule has 0 amide bonds. The number of H-pyrrole nitrogens is 1. The first-order valence-corrected chi connectivity index (χ1v) is 8.34. The van der Waals surface area contributed by atoms with Crippen LogP contribution in [-0.4, -0.2) is 44.9 Å². The number of aryl methyl sites for hydroxylation is 1. The van der Waals surface area contributed by atoms with Crippen LogP contribution in [0, 0.1) is 6.92 Å². The first-order chi connectivity index (χ1) is 11.2. The quantitative estimate of drug-likeness (QED) is 0.881. The van der Waals surface area contributed by atoms with Gasteiger partial charge >= 0.3 is 0 Å². The van der Waals surface area contributed by atoms with Crippen LogP contribution in [0.25, 0.3) is 0 Å². The Labute approximate surface area is 136 Å². The van der Waals surface area contributed by atoms with E-state index in [0.717, 1.165) is 30.9 Å². The molecule has 0 aliphatic carbocycles. The monoisotopic (exact) mass is 319 g/mol. The van der Waals surface area contributed by atoms with Crippen molar-refractivity contribution in [2.75, 3.05) is 19.7 Å². The van der Waals surface area contributed by atoms with E-state index in [2.05, 4.69) is 31.3 Å². The van der Waals surface area contributed by atoms with Gasteiger partial charge in [-0.25, -0.2) is 0 Å². The maximum atomic E-state index is 5.50. The number of nitrogens with one attached hydrogen (secondary N) is 1. The van der Waals surface area contributed by atoms with Crippen LogP contribution < -0.4 is 0 Å². The van der Waals surface area contributed by atoms with Crippen molar-refractivity contribution in [2.45, 2.75) is 52.2 Å². The normalized spacial score (nSPS) is 20.7. The Kier molecular flexibility index (Phi) is 5.07. The molecule has 0 unspecified atom stereocenters. The van der Waals surface area contributed by atoms with Crippen LogP contribution >= 0.6 is 0 Å². The van der Waals surface area contributed by atoms with Gasteiger partial charge in [0.1, 0.15) is 6.10 Å². The van der Waals surface area contributed by atoms with Crippen LogP contribution in [0.1, 0.15) is 61.8 Å². The van der Waals surface area contributed by atoms with Crippen molar-refractivity contribution >= 4 is 0 Å². The Balaban J connectivity index is 1.59. The third kappa shape index (κ3) is 3.97. The van der Waals surface area contributed by atoms with E-state index in [4.69, 9.17) is 9.26 Å². The zero-order valence-corrected chi connectivity index (χ0v) is 14.1. The predicted octanol–water partition coefficient (Wildman–Crippen LogP) is 2.58. The molecule has 0 spiro atoms. The van der Waals surface area contributed by atoms with Crippen LogP contribution in [0.5, 0.6) is 0 Å². The average Bonchev–Trinajstić information content (AvgIpc) is 3.17. The number of aromatic amines is 1. The summed E-state index contributed by atoms with van der Waals surface area (Å²) in [6.45, 7) is 9.29. The van der Waals surface area contributed by atoms with E-state index in [-0.39, 0.29) is 6.10 Å². The second-order valence-electron chi connectivity index (χ2n) is 6.19. The van der Waals surface area contributed by atoms with E-state index in [1.165, 1.54) is 6.42 Å². The highest BCUT2D eigenvalue weighted by Crippen LogP contribution is 2.26. The molecule has 126 valence electrons. The number of aromatic nitrogens is 4. The highest BCUT2D eigenvalue weighted by Gasteiger charge is 2.25. The SMILES string of the molecule is CCO[C@H](C)c1noc(CN2CCC[C@H](c3cc(C)[nH]n3)C2)n1. The molecule has 1 fully saturated rings. The summed E-state index contributed by atoms with van der Waals surface area (Å²) in [6, 6.07) is 2.14. The van der Waals surface area contributed by atoms with E-state index in [9.17, 15) is 0 Å². The average molecular weight is 319 g/mol. The molecule has 1 saturated heterocycles. The molecule has 7 heteroatoms. The molecular formula is C16H25N5O2. The van der Waals surface area contributed by atoms with Crippen LogP contribution in [0.15, 0.2) is 10.6 Å². The van der Waals surface area contributed by atoms with Gasteiger partial charge in [-0.1, -0.05) is 5.16 Å². The third-order valence-electron chi connectivity index (χ3n) is 4.27. The molecular weight excluding hydrogens is 294 g/mol. The zero-order valence-electron chi connectivity index (χ0n) is 14.1. The Morgan fingerprint density at radius 1 is 1.52 bits per heavy atom. The molecule has 0 saturated carbocycles. The van der Waals surface area contributed by atoms with Crippen molar-refractivity contribution < 1.29 is 9.26 Å². The Bertz CT molecular complexity index is 624. The second kappa shape index (κ2) is 7.23. The van der Waals surface area contributed by atoms with Gasteiger partial charge in [0.2, 0.25) is 5.89 Å². The maximum absolute atomic E-state index is 5.50. The van der Waals surface area contributed by atoms with Gasteiger partial charge in [-0.2, -0.15) is 10.1 Å². The number of rotatable bonds is 6. The highest BCUT2D eigenvalue weighted by atomic mass is 16.5. The first-order valence-electron chi connectivity index (χ1n) is 8.34. The maximum Gasteiger partial charge on any atom is 0.240 e. The molecule has 3 rings (SSSR count). The van der Waals surface area contributed by atoms with Crippen molar-refractivity contribution in [3.05, 3.63) is 29.2 Å². The minimum absolute atomic E-state index is 0.126. The number of nitrogens with zero attached hydrogens (tertiary/aromatic N) is 4. The predicted molar refractivity (Wildman–Crippen MR) is 84.9 cm³/mol. The van der Waals surface area contributed by atoms with Crippen molar-refractivity contribution in [3.8, 4) is 0 Å². The Morgan fingerprint density at radius 3 is 3.13 bits per heavy atom. The van der Waals surface area contributed by atoms with Crippen molar-refractivity contribution in [2.24, 2.45) is 0 Å². The van der Waals surface area contributed by atoms with Gasteiger partial charge in [-0.3, -0.25) is 10.00 Å². The minimum atomic E-state index is -0.126. The zero-order chi connectivity index (χ0) is 16.2. The van der Waals surface area contributed by atoms with E-state index >= 15 is 0 Å². The van der Waals surface area contributed by atoms with Crippen LogP contribution in [0.2, 0.25) is 0 Å². The van der Waals surface area contributed by atoms with E-state index in [1.54, 1.807) is 0 Å². The molecule has 1 aliphatic heterocycles. The van der Waals surface area contributed by atoms with Crippen LogP contribution in [0.4, 0.5) is 0 Å². The van der Waals surface area contributed by atoms with E-state index in [0.29, 0.717) is 30.8 Å². The topological polar surface area (TPSA) is 80.1 Å². The van der Waals surface area contributed by atoms with Crippen molar-refractivity contribution in [1.82, 2.24) is 25.2 Å². The Morgan fingerprint density at radius 2 is 2.39 bits per heavy atom. The fourth-order valence-corrected chi connectivity index (χ4v) is 3.10. The number of piperidine rings is 1. The molecule has 3 heterocycles. The number of hydrogen-bond donors (Lipinski definition) is 1. The van der Waals surface area contributed by atoms with Crippen LogP contribution in [-0.2, 0) is 11.3 Å². The summed E-state index contributed by atoms with van der Waals surface area (Å²) in [5.74, 6) is 1.75. The van der Waals surface area contributed by atoms with Gasteiger partial charge in [0.15, 0.2) is 5.82 Å². The van der Waals surface area contributed by atoms with Crippen LogP contribution in [0.3, 0.4) is 0 Å². The lowest BCUT2D eigenvalue weighted by atomic mass is 9.95. The molecule has 2 aromatic heterocycles. The molecule has 7 nitrogen and oxygen atoms in total. The summed E-state index contributed by atoms with van der Waals surface area (Å²) < 4.78 is 10.9. The minimum Gasteiger partial charge on any atom is -0.371 e. The molecule has 2 aromatic rings. The number of likely N-dealkylation sites (tertiary alicyclic amines) is 1. The summed E-state index contributed by atoms with van der Waals surface area (Å²) in [6.07, 6.45) is 2.21. The molecule has 0 bridgehead atoms. The van der Waals surface area contributed by atoms with Gasteiger partial charge in [0.25, 0.3) is 0 Å². The Hall–Kier alpha value is -1.73. The summed E-state index contributed by atoms with van der Waals surface area (Å²) in [5, 5.41) is 11.5. The van der Waals surface area contributed by atoms with E-state index < -0.39 is 0 Å². The first kappa shape index (κ1) is 16.1. The smallest absolute Gasteiger partial charge is 0.240 e. The summed E-state index contributed by atoms with van der Waals surface area (Å²) in [4.78, 5) is 6.82. The lowest BCUT2D eigenvalue weighted by molar-refractivity contribution is 0.0683. The molecule has 1 N–H and O–H groups in total. The fourth-order valence-electron chi connectivity index (χ4n) is 3.10. The molecule has 1 aliphatic rings. The third-order valence-corrected chi connectivity index (χ3v) is 4.27. The highest BCUT2D eigenvalue weighted by molar-refractivity contribution is 5.13.